The third-order valence-electron chi connectivity index (χ3n) is 5.81. The van der Waals surface area contributed by atoms with Crippen molar-refractivity contribution in [3.8, 4) is 0 Å². The van der Waals surface area contributed by atoms with Gasteiger partial charge in [-0.3, -0.25) is 9.69 Å². The first-order valence-corrected chi connectivity index (χ1v) is 16.2. The molecule has 0 amide bonds. The molecule has 16 heteroatoms. The summed E-state index contributed by atoms with van der Waals surface area (Å²) in [4.78, 5) is 33.0. The van der Waals surface area contributed by atoms with Gasteiger partial charge in [-0.15, -0.1) is 0 Å². The summed E-state index contributed by atoms with van der Waals surface area (Å²) in [7, 11) is 1.00. The third kappa shape index (κ3) is 38.7. The highest BCUT2D eigenvalue weighted by Gasteiger charge is 2.24. The van der Waals surface area contributed by atoms with E-state index < -0.39 is 30.4 Å². The minimum absolute atomic E-state index is 0.0466. The number of carboxylic acid groups (broad SMARTS) is 1. The Morgan fingerprint density at radius 1 is 0.574 bits per heavy atom. The number of aliphatic carboxylic acids is 1. The highest BCUT2D eigenvalue weighted by molar-refractivity contribution is 5.66. The van der Waals surface area contributed by atoms with E-state index in [0.29, 0.717) is 78.8 Å². The maximum absolute atomic E-state index is 10.7. The standard InChI is InChI=1S/C27H51NO14.C3H8.CH4O/c29-7-1-3-23(31)25(33)21-28(22-26(34)24(32)4-5-27(35)36)6-10-38-12-14-40-16-18-42-20-19-41-17-15-39-13-11-37-9-2-8-30;1-3-2;1-2/h7-8,23-26,31-34H,1-6,9-22H2,(H,35,36);3H2,1-2H3;2H,1H3. The van der Waals surface area contributed by atoms with E-state index in [4.69, 9.17) is 38.6 Å². The topological polar surface area (TPSA) is 231 Å². The van der Waals surface area contributed by atoms with E-state index in [1.54, 1.807) is 4.90 Å². The molecule has 0 bridgehead atoms. The number of nitrogens with zero attached hydrogens (tertiary/aromatic N) is 1. The van der Waals surface area contributed by atoms with Crippen molar-refractivity contribution >= 4 is 18.5 Å². The van der Waals surface area contributed by atoms with Gasteiger partial charge >= 0.3 is 5.97 Å². The molecule has 0 aliphatic carbocycles. The molecule has 4 unspecified atom stereocenters. The maximum Gasteiger partial charge on any atom is 0.303 e. The average molecular weight is 690 g/mol. The van der Waals surface area contributed by atoms with Gasteiger partial charge in [0.05, 0.1) is 104 Å². The van der Waals surface area contributed by atoms with Crippen LogP contribution in [0.1, 0.15) is 52.4 Å². The molecule has 0 aliphatic heterocycles. The van der Waals surface area contributed by atoms with Crippen LogP contribution in [0.4, 0.5) is 0 Å². The fourth-order valence-corrected chi connectivity index (χ4v) is 3.45. The van der Waals surface area contributed by atoms with Crippen molar-refractivity contribution in [1.29, 1.82) is 0 Å². The molecule has 0 rings (SSSR count). The molecule has 282 valence electrons. The number of aldehydes is 2. The lowest BCUT2D eigenvalue weighted by Gasteiger charge is -2.30. The zero-order valence-corrected chi connectivity index (χ0v) is 28.6. The molecule has 0 aromatic heterocycles. The van der Waals surface area contributed by atoms with Gasteiger partial charge in [-0.2, -0.15) is 0 Å². The van der Waals surface area contributed by atoms with Crippen LogP contribution in [-0.2, 0) is 42.8 Å². The maximum atomic E-state index is 10.7. The van der Waals surface area contributed by atoms with Crippen molar-refractivity contribution in [3.05, 3.63) is 0 Å². The normalized spacial score (nSPS) is 13.5. The second-order valence-corrected chi connectivity index (χ2v) is 10.0. The third-order valence-corrected chi connectivity index (χ3v) is 5.81. The van der Waals surface area contributed by atoms with Gasteiger partial charge < -0.3 is 68.6 Å². The Morgan fingerprint density at radius 3 is 1.28 bits per heavy atom. The molecule has 0 fully saturated rings. The Kier molecular flexibility index (Phi) is 42.8. The zero-order chi connectivity index (χ0) is 36.0. The number of rotatable bonds is 33. The van der Waals surface area contributed by atoms with E-state index >= 15 is 0 Å². The SMILES string of the molecule is CCC.CO.O=CCCOCCOCCOCCOCCOCCOCCN(CC(O)C(O)CCC=O)CC(O)C(O)CCC(=O)O. The van der Waals surface area contributed by atoms with Crippen LogP contribution in [0, 0.1) is 0 Å². The van der Waals surface area contributed by atoms with E-state index in [2.05, 4.69) is 13.8 Å². The van der Waals surface area contributed by atoms with Gasteiger partial charge in [0.15, 0.2) is 0 Å². The molecule has 16 nitrogen and oxygen atoms in total. The predicted molar refractivity (Wildman–Crippen MR) is 172 cm³/mol. The average Bonchev–Trinajstić information content (AvgIpc) is 3.06. The highest BCUT2D eigenvalue weighted by Crippen LogP contribution is 2.09. The van der Waals surface area contributed by atoms with Gasteiger partial charge in [0.2, 0.25) is 0 Å². The summed E-state index contributed by atoms with van der Waals surface area (Å²) in [6.07, 6.45) is -2.03. The van der Waals surface area contributed by atoms with Crippen molar-refractivity contribution in [2.75, 3.05) is 106 Å². The lowest BCUT2D eigenvalue weighted by atomic mass is 10.1. The molecule has 0 radical (unpaired) electrons. The number of aliphatic hydroxyl groups is 5. The molecule has 0 heterocycles. The first kappa shape index (κ1) is 49.7. The Morgan fingerprint density at radius 2 is 0.915 bits per heavy atom. The molecular weight excluding hydrogens is 626 g/mol. The number of carbonyl (C=O) groups is 3. The van der Waals surface area contributed by atoms with Crippen LogP contribution in [0.15, 0.2) is 0 Å². The van der Waals surface area contributed by atoms with Gasteiger partial charge in [0, 0.05) is 46.0 Å². The Balaban J connectivity index is -0.00000364. The van der Waals surface area contributed by atoms with Crippen molar-refractivity contribution in [1.82, 2.24) is 4.90 Å². The van der Waals surface area contributed by atoms with Gasteiger partial charge in [0.1, 0.15) is 12.6 Å². The number of carboxylic acids is 1. The van der Waals surface area contributed by atoms with Crippen LogP contribution in [0.2, 0.25) is 0 Å². The number of hydrogen-bond donors (Lipinski definition) is 6. The molecule has 0 spiro atoms. The molecule has 4 atom stereocenters. The van der Waals surface area contributed by atoms with Gasteiger partial charge in [-0.25, -0.2) is 0 Å². The summed E-state index contributed by atoms with van der Waals surface area (Å²) in [5, 5.41) is 56.4. The fraction of sp³-hybridized carbons (Fsp3) is 0.903. The van der Waals surface area contributed by atoms with Crippen molar-refractivity contribution in [2.24, 2.45) is 0 Å². The number of hydrogen-bond acceptors (Lipinski definition) is 15. The molecule has 47 heavy (non-hydrogen) atoms. The van der Waals surface area contributed by atoms with Gasteiger partial charge in [-0.05, 0) is 12.8 Å². The molecule has 0 aliphatic rings. The Labute approximate surface area is 279 Å². The Bertz CT molecular complexity index is 662. The molecular formula is C31H63NO15. The summed E-state index contributed by atoms with van der Waals surface area (Å²) >= 11 is 0. The first-order valence-electron chi connectivity index (χ1n) is 16.2. The minimum atomic E-state index is -1.27. The van der Waals surface area contributed by atoms with E-state index in [-0.39, 0.29) is 58.5 Å². The second kappa shape index (κ2) is 40.5. The fourth-order valence-electron chi connectivity index (χ4n) is 3.45. The van der Waals surface area contributed by atoms with Gasteiger partial charge in [0.25, 0.3) is 0 Å². The monoisotopic (exact) mass is 689 g/mol. The van der Waals surface area contributed by atoms with Gasteiger partial charge in [-0.1, -0.05) is 20.3 Å². The summed E-state index contributed by atoms with van der Waals surface area (Å²) in [5.74, 6) is -1.09. The lowest BCUT2D eigenvalue weighted by Crippen LogP contribution is -2.46. The van der Waals surface area contributed by atoms with Crippen LogP contribution in [0.25, 0.3) is 0 Å². The van der Waals surface area contributed by atoms with Crippen LogP contribution in [0.5, 0.6) is 0 Å². The van der Waals surface area contributed by atoms with Crippen LogP contribution < -0.4 is 0 Å². The van der Waals surface area contributed by atoms with Crippen LogP contribution in [0.3, 0.4) is 0 Å². The van der Waals surface area contributed by atoms with Crippen LogP contribution in [-0.4, -0.2) is 185 Å². The van der Waals surface area contributed by atoms with E-state index in [9.17, 15) is 34.8 Å². The van der Waals surface area contributed by atoms with Crippen molar-refractivity contribution < 1.29 is 73.4 Å². The molecule has 0 aromatic carbocycles. The zero-order valence-electron chi connectivity index (χ0n) is 28.6. The summed E-state index contributed by atoms with van der Waals surface area (Å²) < 4.78 is 32.3. The smallest absolute Gasteiger partial charge is 0.303 e. The predicted octanol–water partition coefficient (Wildman–Crippen LogP) is -0.711. The Hall–Kier alpha value is -1.67. The number of ether oxygens (including phenoxy) is 6. The van der Waals surface area contributed by atoms with E-state index in [1.807, 2.05) is 0 Å². The largest absolute Gasteiger partial charge is 0.481 e. The minimum Gasteiger partial charge on any atom is -0.481 e. The number of aliphatic hydroxyl groups excluding tert-OH is 5. The molecule has 0 saturated carbocycles. The highest BCUT2D eigenvalue weighted by atomic mass is 16.6. The lowest BCUT2D eigenvalue weighted by molar-refractivity contribution is -0.138. The number of carbonyl (C=O) groups excluding carboxylic acids is 2. The van der Waals surface area contributed by atoms with Crippen LogP contribution >= 0.6 is 0 Å². The quantitative estimate of drug-likeness (QED) is 0.0369. The summed E-state index contributed by atoms with van der Waals surface area (Å²) in [6, 6.07) is 0. The second-order valence-electron chi connectivity index (χ2n) is 10.0. The summed E-state index contributed by atoms with van der Waals surface area (Å²) in [6.45, 7) is 8.95. The molecule has 0 aromatic rings. The van der Waals surface area contributed by atoms with Crippen molar-refractivity contribution in [2.45, 2.75) is 76.8 Å². The molecule has 0 saturated heterocycles. The molecule has 6 N–H and O–H groups in total. The van der Waals surface area contributed by atoms with E-state index in [1.165, 1.54) is 6.42 Å². The van der Waals surface area contributed by atoms with Crippen molar-refractivity contribution in [3.63, 3.8) is 0 Å². The van der Waals surface area contributed by atoms with E-state index in [0.717, 1.165) is 13.4 Å². The summed E-state index contributed by atoms with van der Waals surface area (Å²) in [5.41, 5.74) is 0. The first-order chi connectivity index (χ1) is 22.7.